The van der Waals surface area contributed by atoms with Crippen LogP contribution in [-0.2, 0) is 0 Å². The van der Waals surface area contributed by atoms with Gasteiger partial charge in [0.1, 0.15) is 0 Å². The van der Waals surface area contributed by atoms with E-state index in [0.717, 1.165) is 23.1 Å². The molecule has 0 radical (unpaired) electrons. The van der Waals surface area contributed by atoms with Crippen LogP contribution in [0.1, 0.15) is 46.8 Å². The van der Waals surface area contributed by atoms with E-state index >= 15 is 0 Å². The van der Waals surface area contributed by atoms with Gasteiger partial charge in [0.15, 0.2) is 5.78 Å². The first kappa shape index (κ1) is 13.4. The Kier molecular flexibility index (Phi) is 4.45. The molecule has 0 saturated carbocycles. The maximum absolute atomic E-state index is 12.4. The van der Waals surface area contributed by atoms with Crippen molar-refractivity contribution in [2.75, 3.05) is 0 Å². The van der Waals surface area contributed by atoms with E-state index in [4.69, 9.17) is 5.26 Å². The van der Waals surface area contributed by atoms with E-state index in [1.54, 1.807) is 0 Å². The fraction of sp³-hybridized carbons (Fsp3) is 0.467. The lowest BCUT2D eigenvalue weighted by Crippen LogP contribution is -2.16. The number of nitrogens with zero attached hydrogens (tertiary/aromatic N) is 1. The fourth-order valence-corrected chi connectivity index (χ4v) is 2.31. The van der Waals surface area contributed by atoms with E-state index in [-0.39, 0.29) is 11.7 Å². The van der Waals surface area contributed by atoms with Crippen LogP contribution in [0.5, 0.6) is 0 Å². The van der Waals surface area contributed by atoms with Crippen molar-refractivity contribution in [3.05, 3.63) is 34.4 Å². The molecule has 0 N–H and O–H groups in total. The Hall–Kier alpha value is -1.62. The molecule has 1 rings (SSSR count). The molecule has 0 heterocycles. The Morgan fingerprint density at radius 2 is 1.82 bits per heavy atom. The summed E-state index contributed by atoms with van der Waals surface area (Å²) < 4.78 is 0. The van der Waals surface area contributed by atoms with Gasteiger partial charge in [-0.2, -0.15) is 5.26 Å². The van der Waals surface area contributed by atoms with Crippen molar-refractivity contribution in [2.45, 2.75) is 40.5 Å². The van der Waals surface area contributed by atoms with E-state index in [2.05, 4.69) is 6.07 Å². The van der Waals surface area contributed by atoms with Gasteiger partial charge in [-0.3, -0.25) is 4.79 Å². The summed E-state index contributed by atoms with van der Waals surface area (Å²) in [4.78, 5) is 12.4. The lowest BCUT2D eigenvalue weighted by Gasteiger charge is -2.15. The number of rotatable bonds is 4. The monoisotopic (exact) mass is 229 g/mol. The number of hydrogen-bond donors (Lipinski definition) is 0. The summed E-state index contributed by atoms with van der Waals surface area (Å²) in [5.41, 5.74) is 4.01. The molecule has 90 valence electrons. The number of carbonyl (C=O) groups is 1. The van der Waals surface area contributed by atoms with Crippen molar-refractivity contribution in [3.8, 4) is 6.07 Å². The molecule has 0 aliphatic carbocycles. The Balaban J connectivity index is 3.16. The predicted molar refractivity (Wildman–Crippen MR) is 69.0 cm³/mol. The van der Waals surface area contributed by atoms with Gasteiger partial charge in [-0.25, -0.2) is 0 Å². The van der Waals surface area contributed by atoms with Gasteiger partial charge in [-0.05, 0) is 38.3 Å². The smallest absolute Gasteiger partial charge is 0.167 e. The molecule has 0 amide bonds. The van der Waals surface area contributed by atoms with Gasteiger partial charge in [0.05, 0.1) is 6.07 Å². The third-order valence-electron chi connectivity index (χ3n) is 3.12. The Morgan fingerprint density at radius 1 is 1.29 bits per heavy atom. The quantitative estimate of drug-likeness (QED) is 0.738. The predicted octanol–water partition coefficient (Wildman–Crippen LogP) is 3.73. The molecule has 0 aliphatic rings. The van der Waals surface area contributed by atoms with Crippen LogP contribution in [0.2, 0.25) is 0 Å². The molecule has 1 atom stereocenters. The molecule has 1 unspecified atom stereocenters. The van der Waals surface area contributed by atoms with Crippen molar-refractivity contribution in [2.24, 2.45) is 5.92 Å². The standard InChI is InChI=1S/C15H19NO/c1-5-13(6-7-16)15(17)14-11(3)8-10(2)9-12(14)4/h8-9,13H,5-6H2,1-4H3. The van der Waals surface area contributed by atoms with Crippen LogP contribution in [0.25, 0.3) is 0 Å². The van der Waals surface area contributed by atoms with Gasteiger partial charge >= 0.3 is 0 Å². The Bertz CT molecular complexity index is 445. The molecule has 0 aliphatic heterocycles. The van der Waals surface area contributed by atoms with Crippen molar-refractivity contribution in [1.29, 1.82) is 5.26 Å². The van der Waals surface area contributed by atoms with Gasteiger partial charge in [-0.15, -0.1) is 0 Å². The van der Waals surface area contributed by atoms with Gasteiger partial charge in [0, 0.05) is 17.9 Å². The first-order chi connectivity index (χ1) is 8.01. The summed E-state index contributed by atoms with van der Waals surface area (Å²) in [6.45, 7) is 7.91. The molecule has 0 bridgehead atoms. The summed E-state index contributed by atoms with van der Waals surface area (Å²) in [7, 11) is 0. The summed E-state index contributed by atoms with van der Waals surface area (Å²) in [6.07, 6.45) is 1.03. The van der Waals surface area contributed by atoms with Crippen LogP contribution < -0.4 is 0 Å². The number of Topliss-reactive ketones (excluding diaryl/α,β-unsaturated/α-hetero) is 1. The minimum atomic E-state index is -0.167. The first-order valence-corrected chi connectivity index (χ1v) is 6.00. The minimum absolute atomic E-state index is 0.115. The highest BCUT2D eigenvalue weighted by atomic mass is 16.1. The zero-order valence-electron chi connectivity index (χ0n) is 11.0. The van der Waals surface area contributed by atoms with Gasteiger partial charge in [-0.1, -0.05) is 24.6 Å². The van der Waals surface area contributed by atoms with Crippen LogP contribution in [0, 0.1) is 38.0 Å². The number of ketones is 1. The molecule has 0 spiro atoms. The lowest BCUT2D eigenvalue weighted by atomic mass is 9.87. The van der Waals surface area contributed by atoms with E-state index in [0.29, 0.717) is 6.42 Å². The van der Waals surface area contributed by atoms with Crippen LogP contribution >= 0.6 is 0 Å². The summed E-state index contributed by atoms with van der Waals surface area (Å²) >= 11 is 0. The second-order valence-corrected chi connectivity index (χ2v) is 4.61. The summed E-state index contributed by atoms with van der Waals surface area (Å²) in [5.74, 6) is -0.0517. The molecule has 2 nitrogen and oxygen atoms in total. The zero-order valence-corrected chi connectivity index (χ0v) is 11.0. The second kappa shape index (κ2) is 5.63. The molecule has 17 heavy (non-hydrogen) atoms. The van der Waals surface area contributed by atoms with Crippen LogP contribution in [0.3, 0.4) is 0 Å². The topological polar surface area (TPSA) is 40.9 Å². The maximum atomic E-state index is 12.4. The number of aryl methyl sites for hydroxylation is 3. The molecular weight excluding hydrogens is 210 g/mol. The van der Waals surface area contributed by atoms with Gasteiger partial charge < -0.3 is 0 Å². The van der Waals surface area contributed by atoms with Crippen LogP contribution in [0.4, 0.5) is 0 Å². The Labute approximate surface area is 103 Å². The maximum Gasteiger partial charge on any atom is 0.167 e. The molecule has 2 heteroatoms. The zero-order chi connectivity index (χ0) is 13.0. The third-order valence-corrected chi connectivity index (χ3v) is 3.12. The van der Waals surface area contributed by atoms with Gasteiger partial charge in [0.2, 0.25) is 0 Å². The highest BCUT2D eigenvalue weighted by molar-refractivity contribution is 6.00. The third kappa shape index (κ3) is 2.94. The first-order valence-electron chi connectivity index (χ1n) is 6.00. The minimum Gasteiger partial charge on any atom is -0.294 e. The lowest BCUT2D eigenvalue weighted by molar-refractivity contribution is 0.0917. The molecule has 1 aromatic rings. The van der Waals surface area contributed by atoms with Crippen molar-refractivity contribution in [1.82, 2.24) is 0 Å². The largest absolute Gasteiger partial charge is 0.294 e. The van der Waals surface area contributed by atoms with E-state index in [1.165, 1.54) is 5.56 Å². The summed E-state index contributed by atoms with van der Waals surface area (Å²) in [5, 5.41) is 8.74. The van der Waals surface area contributed by atoms with Crippen molar-refractivity contribution in [3.63, 3.8) is 0 Å². The fourth-order valence-electron chi connectivity index (χ4n) is 2.31. The molecule has 0 fully saturated rings. The highest BCUT2D eigenvalue weighted by Gasteiger charge is 2.21. The average Bonchev–Trinajstić information content (AvgIpc) is 2.24. The van der Waals surface area contributed by atoms with Crippen molar-refractivity contribution < 1.29 is 4.79 Å². The van der Waals surface area contributed by atoms with Crippen LogP contribution in [-0.4, -0.2) is 5.78 Å². The van der Waals surface area contributed by atoms with E-state index < -0.39 is 0 Å². The second-order valence-electron chi connectivity index (χ2n) is 4.61. The number of hydrogen-bond acceptors (Lipinski definition) is 2. The highest BCUT2D eigenvalue weighted by Crippen LogP contribution is 2.23. The number of carbonyl (C=O) groups excluding carboxylic acids is 1. The number of benzene rings is 1. The van der Waals surface area contributed by atoms with E-state index in [1.807, 2.05) is 39.8 Å². The Morgan fingerprint density at radius 3 is 2.24 bits per heavy atom. The molecule has 0 aromatic heterocycles. The number of nitriles is 1. The van der Waals surface area contributed by atoms with Crippen LogP contribution in [0.15, 0.2) is 12.1 Å². The summed E-state index contributed by atoms with van der Waals surface area (Å²) in [6, 6.07) is 6.15. The van der Waals surface area contributed by atoms with E-state index in [9.17, 15) is 4.79 Å². The SMILES string of the molecule is CCC(CC#N)C(=O)c1c(C)cc(C)cc1C. The van der Waals surface area contributed by atoms with Gasteiger partial charge in [0.25, 0.3) is 0 Å². The molecule has 1 aromatic carbocycles. The van der Waals surface area contributed by atoms with Crippen molar-refractivity contribution >= 4 is 5.78 Å². The average molecular weight is 229 g/mol. The molecule has 0 saturated heterocycles. The normalized spacial score (nSPS) is 11.9. The molecular formula is C15H19NO.